The van der Waals surface area contributed by atoms with Gasteiger partial charge in [0.1, 0.15) is 5.69 Å². The number of para-hydroxylation sites is 1. The van der Waals surface area contributed by atoms with Crippen LogP contribution in [0.3, 0.4) is 0 Å². The van der Waals surface area contributed by atoms with Gasteiger partial charge in [0.25, 0.3) is 5.91 Å². The van der Waals surface area contributed by atoms with Crippen molar-refractivity contribution in [1.29, 1.82) is 0 Å². The van der Waals surface area contributed by atoms with Crippen molar-refractivity contribution < 1.29 is 4.79 Å². The van der Waals surface area contributed by atoms with E-state index < -0.39 is 0 Å². The maximum Gasteiger partial charge on any atom is 0.272 e. The van der Waals surface area contributed by atoms with Gasteiger partial charge in [0.2, 0.25) is 11.9 Å². The summed E-state index contributed by atoms with van der Waals surface area (Å²) < 4.78 is 0. The number of nitrogens with one attached hydrogen (secondary N) is 2. The van der Waals surface area contributed by atoms with Crippen LogP contribution in [0, 0.1) is 0 Å². The molecule has 2 aromatic carbocycles. The summed E-state index contributed by atoms with van der Waals surface area (Å²) in [5.74, 6) is -0.538. The predicted octanol–water partition coefficient (Wildman–Crippen LogP) is 1.42. The number of nitrogens with two attached hydrogens (primary N) is 4. The topological polar surface area (TPSA) is 198 Å². The second-order valence-electron chi connectivity index (χ2n) is 6.90. The average molecular weight is 432 g/mol. The van der Waals surface area contributed by atoms with Gasteiger partial charge in [0, 0.05) is 16.6 Å². The van der Waals surface area contributed by atoms with Crippen LogP contribution < -0.4 is 28.3 Å². The fraction of sp³-hybridized carbons (Fsp3) is 0.0952. The van der Waals surface area contributed by atoms with Gasteiger partial charge in [0.15, 0.2) is 0 Å². The number of hydrogen-bond acceptors (Lipinski definition) is 5. The number of amides is 1. The number of aromatic nitrogens is 1. The Morgan fingerprint density at radius 1 is 0.844 bits per heavy atom. The molecule has 0 radical (unpaired) electrons. The molecule has 0 unspecified atom stereocenters. The summed E-state index contributed by atoms with van der Waals surface area (Å²) in [5.41, 5.74) is 25.9. The lowest BCUT2D eigenvalue weighted by Crippen LogP contribution is -2.22. The van der Waals surface area contributed by atoms with Gasteiger partial charge in [0.05, 0.1) is 16.9 Å². The third kappa shape index (κ3) is 5.27. The van der Waals surface area contributed by atoms with Crippen molar-refractivity contribution in [2.24, 2.45) is 43.3 Å². The maximum atomic E-state index is 12.8. The first-order valence-corrected chi connectivity index (χ1v) is 9.55. The molecule has 0 saturated heterocycles. The minimum atomic E-state index is -0.287. The number of anilines is 1. The molecule has 0 atom stereocenters. The molecule has 0 saturated carbocycles. The number of H-pyrrole nitrogens is 1. The largest absolute Gasteiger partial charge is 0.369 e. The van der Waals surface area contributed by atoms with Crippen LogP contribution in [0.25, 0.3) is 10.9 Å². The summed E-state index contributed by atoms with van der Waals surface area (Å²) in [6, 6.07) is 14.5. The van der Waals surface area contributed by atoms with E-state index >= 15 is 0 Å². The van der Waals surface area contributed by atoms with Crippen LogP contribution in [0.1, 0.15) is 35.5 Å². The van der Waals surface area contributed by atoms with Crippen molar-refractivity contribution in [3.8, 4) is 0 Å². The van der Waals surface area contributed by atoms with Crippen molar-refractivity contribution in [3.05, 3.63) is 65.4 Å². The van der Waals surface area contributed by atoms with Gasteiger partial charge in [-0.05, 0) is 37.6 Å². The molecule has 1 aromatic heterocycles. The summed E-state index contributed by atoms with van der Waals surface area (Å²) in [6.07, 6.45) is 0. The first kappa shape index (κ1) is 22.0. The van der Waals surface area contributed by atoms with E-state index in [2.05, 4.69) is 30.7 Å². The van der Waals surface area contributed by atoms with Crippen LogP contribution in [0.4, 0.5) is 5.69 Å². The molecule has 32 heavy (non-hydrogen) atoms. The Morgan fingerprint density at radius 3 is 2.09 bits per heavy atom. The van der Waals surface area contributed by atoms with Gasteiger partial charge in [-0.15, -0.1) is 10.2 Å². The maximum absolute atomic E-state index is 12.8. The van der Waals surface area contributed by atoms with Crippen molar-refractivity contribution in [2.45, 2.75) is 13.8 Å². The summed E-state index contributed by atoms with van der Waals surface area (Å²) in [7, 11) is 0. The van der Waals surface area contributed by atoms with E-state index in [1.54, 1.807) is 32.0 Å². The van der Waals surface area contributed by atoms with E-state index in [0.29, 0.717) is 22.8 Å². The van der Waals surface area contributed by atoms with E-state index in [0.717, 1.165) is 22.0 Å². The first-order valence-electron chi connectivity index (χ1n) is 9.55. The van der Waals surface area contributed by atoms with Crippen LogP contribution in [0.15, 0.2) is 68.9 Å². The highest BCUT2D eigenvalue weighted by molar-refractivity contribution is 6.12. The normalized spacial score (nSPS) is 11.8. The molecule has 0 spiro atoms. The molecule has 1 heterocycles. The summed E-state index contributed by atoms with van der Waals surface area (Å²) in [5, 5.41) is 19.0. The Morgan fingerprint density at radius 2 is 1.47 bits per heavy atom. The van der Waals surface area contributed by atoms with Crippen molar-refractivity contribution in [1.82, 2.24) is 4.98 Å². The quantitative estimate of drug-likeness (QED) is 0.194. The van der Waals surface area contributed by atoms with Gasteiger partial charge in [-0.1, -0.05) is 30.3 Å². The summed E-state index contributed by atoms with van der Waals surface area (Å²) in [6.45, 7) is 3.56. The standard InChI is InChI=1S/C21H24N10O/c1-11(28-30-20(22)23)13-6-8-15(9-7-13)26-19(32)17-10-14-4-3-5-16(18(14)27-17)12(2)29-31-21(24)25/h3-10,27H,1-2H3,(H,26,32)(H4,22,23,30)(H4,24,25,31)/b28-11+,29-12+. The lowest BCUT2D eigenvalue weighted by molar-refractivity contribution is 0.102. The van der Waals surface area contributed by atoms with E-state index in [9.17, 15) is 4.79 Å². The number of carbonyl (C=O) groups is 1. The molecule has 0 aliphatic heterocycles. The molecule has 0 bridgehead atoms. The molecule has 3 aromatic rings. The number of nitrogens with zero attached hydrogens (tertiary/aromatic N) is 4. The molecule has 0 aliphatic rings. The SMILES string of the molecule is C/C(=N\N=C(N)N)c1ccc(NC(=O)c2cc3cccc(/C(C)=N/N=C(N)N)c3[nH]2)cc1. The van der Waals surface area contributed by atoms with Gasteiger partial charge in [-0.3, -0.25) is 4.79 Å². The van der Waals surface area contributed by atoms with Crippen molar-refractivity contribution in [3.63, 3.8) is 0 Å². The van der Waals surface area contributed by atoms with Crippen LogP contribution in [0.2, 0.25) is 0 Å². The van der Waals surface area contributed by atoms with Crippen LogP contribution >= 0.6 is 0 Å². The predicted molar refractivity (Wildman–Crippen MR) is 129 cm³/mol. The molecule has 11 nitrogen and oxygen atoms in total. The number of hydrogen-bond donors (Lipinski definition) is 6. The third-order valence-corrected chi connectivity index (χ3v) is 4.48. The van der Waals surface area contributed by atoms with E-state index in [1.165, 1.54) is 0 Å². The number of aromatic amines is 1. The Balaban J connectivity index is 1.81. The minimum Gasteiger partial charge on any atom is -0.369 e. The number of fused-ring (bicyclic) bond motifs is 1. The monoisotopic (exact) mass is 432 g/mol. The molecule has 0 aliphatic carbocycles. The van der Waals surface area contributed by atoms with E-state index in [4.69, 9.17) is 22.9 Å². The smallest absolute Gasteiger partial charge is 0.272 e. The lowest BCUT2D eigenvalue weighted by atomic mass is 10.1. The summed E-state index contributed by atoms with van der Waals surface area (Å²) in [4.78, 5) is 15.9. The van der Waals surface area contributed by atoms with Crippen molar-refractivity contribution >= 4 is 45.8 Å². The molecular weight excluding hydrogens is 408 g/mol. The Hall–Kier alpha value is -4.67. The van der Waals surface area contributed by atoms with Gasteiger partial charge < -0.3 is 33.2 Å². The average Bonchev–Trinajstić information content (AvgIpc) is 3.21. The second-order valence-corrected chi connectivity index (χ2v) is 6.90. The second kappa shape index (κ2) is 9.43. The molecule has 0 fully saturated rings. The van der Waals surface area contributed by atoms with Gasteiger partial charge >= 0.3 is 0 Å². The van der Waals surface area contributed by atoms with Gasteiger partial charge in [-0.25, -0.2) is 0 Å². The molecule has 10 N–H and O–H groups in total. The highest BCUT2D eigenvalue weighted by Crippen LogP contribution is 2.21. The summed E-state index contributed by atoms with van der Waals surface area (Å²) >= 11 is 0. The molecule has 3 rings (SSSR count). The van der Waals surface area contributed by atoms with Crippen molar-refractivity contribution in [2.75, 3.05) is 5.32 Å². The van der Waals surface area contributed by atoms with E-state index in [1.807, 2.05) is 30.3 Å². The van der Waals surface area contributed by atoms with Crippen LogP contribution in [0.5, 0.6) is 0 Å². The van der Waals surface area contributed by atoms with Crippen LogP contribution in [-0.4, -0.2) is 34.2 Å². The molecule has 164 valence electrons. The molecular formula is C21H24N10O. The molecule has 11 heteroatoms. The zero-order valence-corrected chi connectivity index (χ0v) is 17.6. The molecule has 1 amide bonds. The zero-order chi connectivity index (χ0) is 23.3. The number of rotatable bonds is 6. The zero-order valence-electron chi connectivity index (χ0n) is 17.6. The van der Waals surface area contributed by atoms with Gasteiger partial charge in [-0.2, -0.15) is 10.2 Å². The van der Waals surface area contributed by atoms with Crippen LogP contribution in [-0.2, 0) is 0 Å². The fourth-order valence-corrected chi connectivity index (χ4v) is 2.95. The Bertz CT molecular complexity index is 1260. The van der Waals surface area contributed by atoms with E-state index in [-0.39, 0.29) is 17.8 Å². The number of guanidine groups is 2. The Kier molecular flexibility index (Phi) is 6.49. The Labute approximate surface area is 184 Å². The lowest BCUT2D eigenvalue weighted by Gasteiger charge is -2.05. The number of carbonyl (C=O) groups excluding carboxylic acids is 1. The third-order valence-electron chi connectivity index (χ3n) is 4.48. The first-order chi connectivity index (χ1) is 15.2. The minimum absolute atomic E-state index is 0.118. The highest BCUT2D eigenvalue weighted by atomic mass is 16.1. The highest BCUT2D eigenvalue weighted by Gasteiger charge is 2.13. The number of benzene rings is 2. The fourth-order valence-electron chi connectivity index (χ4n) is 2.95.